The Labute approximate surface area is 183 Å². The monoisotopic (exact) mass is 447 g/mol. The molecule has 2 aliphatic heterocycles. The molecule has 0 spiro atoms. The van der Waals surface area contributed by atoms with Gasteiger partial charge in [0.15, 0.2) is 5.11 Å². The Balaban J connectivity index is 1.86. The van der Waals surface area contributed by atoms with E-state index in [4.69, 9.17) is 17.0 Å². The number of benzene rings is 2. The van der Waals surface area contributed by atoms with Crippen LogP contribution in [-0.4, -0.2) is 42.2 Å². The number of anilines is 1. The minimum atomic E-state index is -1.11. The van der Waals surface area contributed by atoms with Gasteiger partial charge in [0.2, 0.25) is 0 Å². The van der Waals surface area contributed by atoms with Crippen LogP contribution < -0.4 is 10.2 Å². The van der Waals surface area contributed by atoms with Gasteiger partial charge < -0.3 is 15.0 Å². The number of thiocarbonyl (C=S) groups is 1. The lowest BCUT2D eigenvalue weighted by Gasteiger charge is -2.40. The number of hydrogen-bond donors (Lipinski definition) is 1. The molecule has 1 atom stereocenters. The van der Waals surface area contributed by atoms with Gasteiger partial charge in [-0.25, -0.2) is 13.2 Å². The first-order valence-electron chi connectivity index (χ1n) is 9.76. The van der Waals surface area contributed by atoms with E-state index in [9.17, 15) is 18.0 Å². The molecule has 5 nitrogen and oxygen atoms in total. The SMILES string of the molecule is CC1=C(C(=O)N2CCOCC2)[C@H](c2c(F)cccc2F)NC(=S)N1c1ccc(F)cc1. The summed E-state index contributed by atoms with van der Waals surface area (Å²) in [4.78, 5) is 16.7. The number of hydrogen-bond acceptors (Lipinski definition) is 3. The molecule has 31 heavy (non-hydrogen) atoms. The summed E-state index contributed by atoms with van der Waals surface area (Å²) in [6.45, 7) is 3.15. The maximum absolute atomic E-state index is 14.7. The van der Waals surface area contributed by atoms with E-state index in [2.05, 4.69) is 5.32 Å². The number of carbonyl (C=O) groups excluding carboxylic acids is 1. The van der Waals surface area contributed by atoms with Gasteiger partial charge in [-0.3, -0.25) is 9.69 Å². The molecule has 2 aromatic carbocycles. The molecule has 4 rings (SSSR count). The van der Waals surface area contributed by atoms with Gasteiger partial charge >= 0.3 is 0 Å². The van der Waals surface area contributed by atoms with Crippen LogP contribution in [0.4, 0.5) is 18.9 Å². The van der Waals surface area contributed by atoms with Gasteiger partial charge in [0.05, 0.1) is 30.4 Å². The Morgan fingerprint density at radius 3 is 2.29 bits per heavy atom. The number of nitrogens with one attached hydrogen (secondary N) is 1. The largest absolute Gasteiger partial charge is 0.378 e. The van der Waals surface area contributed by atoms with Crippen LogP contribution in [0.5, 0.6) is 0 Å². The molecule has 0 aliphatic carbocycles. The number of carbonyl (C=O) groups is 1. The predicted molar refractivity (Wildman–Crippen MR) is 114 cm³/mol. The quantitative estimate of drug-likeness (QED) is 0.728. The summed E-state index contributed by atoms with van der Waals surface area (Å²) in [5.41, 5.74) is 0.832. The van der Waals surface area contributed by atoms with E-state index in [1.807, 2.05) is 0 Å². The first kappa shape index (κ1) is 21.3. The molecule has 0 bridgehead atoms. The van der Waals surface area contributed by atoms with E-state index >= 15 is 0 Å². The van der Waals surface area contributed by atoms with E-state index < -0.39 is 23.5 Å². The molecule has 0 saturated carbocycles. The Kier molecular flexibility index (Phi) is 5.97. The van der Waals surface area contributed by atoms with Crippen molar-refractivity contribution in [3.8, 4) is 0 Å². The van der Waals surface area contributed by atoms with Crippen LogP contribution in [0, 0.1) is 17.5 Å². The standard InChI is InChI=1S/C22H20F3N3O2S/c1-13-18(21(29)27-9-11-30-12-10-27)20(19-16(24)3-2-4-17(19)25)26-22(31)28(13)15-7-5-14(23)6-8-15/h2-8,20H,9-12H2,1H3,(H,26,31)/t20-/m1/s1. The molecule has 0 radical (unpaired) electrons. The molecule has 0 aromatic heterocycles. The van der Waals surface area contributed by atoms with Gasteiger partial charge in [0.1, 0.15) is 17.5 Å². The highest BCUT2D eigenvalue weighted by molar-refractivity contribution is 7.80. The molecule has 2 aromatic rings. The lowest BCUT2D eigenvalue weighted by atomic mass is 9.92. The molecular weight excluding hydrogens is 427 g/mol. The van der Waals surface area contributed by atoms with E-state index in [-0.39, 0.29) is 22.2 Å². The van der Waals surface area contributed by atoms with E-state index in [0.29, 0.717) is 37.7 Å². The Morgan fingerprint density at radius 1 is 1.06 bits per heavy atom. The molecule has 9 heteroatoms. The molecule has 0 unspecified atom stereocenters. The average Bonchev–Trinajstić information content (AvgIpc) is 2.75. The first-order chi connectivity index (χ1) is 14.9. The van der Waals surface area contributed by atoms with Gasteiger partial charge in [0, 0.05) is 24.5 Å². The second-order valence-corrected chi connectivity index (χ2v) is 7.62. The maximum Gasteiger partial charge on any atom is 0.254 e. The van der Waals surface area contributed by atoms with E-state index in [1.165, 1.54) is 30.3 Å². The number of amides is 1. The van der Waals surface area contributed by atoms with Crippen molar-refractivity contribution in [1.82, 2.24) is 10.2 Å². The molecule has 2 aliphatic rings. The summed E-state index contributed by atoms with van der Waals surface area (Å²) >= 11 is 5.48. The zero-order valence-electron chi connectivity index (χ0n) is 16.7. The number of halogens is 3. The van der Waals surface area contributed by atoms with E-state index in [0.717, 1.165) is 12.1 Å². The summed E-state index contributed by atoms with van der Waals surface area (Å²) in [6.07, 6.45) is 0. The van der Waals surface area contributed by atoms with Crippen molar-refractivity contribution in [3.05, 3.63) is 76.7 Å². The molecule has 1 amide bonds. The first-order valence-corrected chi connectivity index (χ1v) is 10.2. The number of ether oxygens (including phenoxy) is 1. The van der Waals surface area contributed by atoms with Gasteiger partial charge in [-0.2, -0.15) is 0 Å². The summed E-state index contributed by atoms with van der Waals surface area (Å²) in [7, 11) is 0. The van der Waals surface area contributed by atoms with Crippen molar-refractivity contribution in [3.63, 3.8) is 0 Å². The minimum absolute atomic E-state index is 0.148. The molecule has 2 heterocycles. The number of nitrogens with zero attached hydrogens (tertiary/aromatic N) is 2. The zero-order valence-corrected chi connectivity index (χ0v) is 17.5. The molecule has 1 saturated heterocycles. The molecule has 1 fully saturated rings. The van der Waals surface area contributed by atoms with Crippen LogP contribution in [0.1, 0.15) is 18.5 Å². The third-order valence-corrected chi connectivity index (χ3v) is 5.69. The molecule has 162 valence electrons. The molecule has 1 N–H and O–H groups in total. The van der Waals surface area contributed by atoms with Crippen LogP contribution in [0.3, 0.4) is 0 Å². The normalized spacial score (nSPS) is 19.5. The minimum Gasteiger partial charge on any atom is -0.378 e. The van der Waals surface area contributed by atoms with E-state index in [1.54, 1.807) is 16.7 Å². The van der Waals surface area contributed by atoms with Crippen molar-refractivity contribution >= 4 is 28.9 Å². The lowest BCUT2D eigenvalue weighted by molar-refractivity contribution is -0.131. The summed E-state index contributed by atoms with van der Waals surface area (Å²) in [6, 6.07) is 8.03. The predicted octanol–water partition coefficient (Wildman–Crippen LogP) is 3.67. The highest BCUT2D eigenvalue weighted by Gasteiger charge is 2.39. The number of morpholine rings is 1. The topological polar surface area (TPSA) is 44.8 Å². The highest BCUT2D eigenvalue weighted by atomic mass is 32.1. The fraction of sp³-hybridized carbons (Fsp3) is 0.273. The van der Waals surface area contributed by atoms with Crippen LogP contribution in [0.25, 0.3) is 0 Å². The second-order valence-electron chi connectivity index (χ2n) is 7.23. The van der Waals surface area contributed by atoms with Crippen LogP contribution in [0.15, 0.2) is 53.7 Å². The van der Waals surface area contributed by atoms with Crippen molar-refractivity contribution in [2.45, 2.75) is 13.0 Å². The smallest absolute Gasteiger partial charge is 0.254 e. The van der Waals surface area contributed by atoms with Gasteiger partial charge in [-0.05, 0) is 55.5 Å². The zero-order chi connectivity index (χ0) is 22.1. The summed E-state index contributed by atoms with van der Waals surface area (Å²) in [5, 5.41) is 3.07. The highest BCUT2D eigenvalue weighted by Crippen LogP contribution is 2.36. The average molecular weight is 447 g/mol. The van der Waals surface area contributed by atoms with Crippen LogP contribution >= 0.6 is 12.2 Å². The Morgan fingerprint density at radius 2 is 1.68 bits per heavy atom. The number of allylic oxidation sites excluding steroid dienone is 1. The maximum atomic E-state index is 14.7. The van der Waals surface area contributed by atoms with Crippen molar-refractivity contribution < 1.29 is 22.7 Å². The summed E-state index contributed by atoms with van der Waals surface area (Å²) < 4.78 is 48.1. The molecular formula is C22H20F3N3O2S. The van der Waals surface area contributed by atoms with Gasteiger partial charge in [-0.15, -0.1) is 0 Å². The lowest BCUT2D eigenvalue weighted by Crippen LogP contribution is -2.51. The summed E-state index contributed by atoms with van der Waals surface area (Å²) in [5.74, 6) is -2.35. The Hall–Kier alpha value is -2.91. The van der Waals surface area contributed by atoms with Gasteiger partial charge in [-0.1, -0.05) is 6.07 Å². The third kappa shape index (κ3) is 4.03. The van der Waals surface area contributed by atoms with Crippen LogP contribution in [-0.2, 0) is 9.53 Å². The van der Waals surface area contributed by atoms with Crippen molar-refractivity contribution in [1.29, 1.82) is 0 Å². The number of rotatable bonds is 3. The fourth-order valence-electron chi connectivity index (χ4n) is 3.86. The van der Waals surface area contributed by atoms with Crippen LogP contribution in [0.2, 0.25) is 0 Å². The Bertz CT molecular complexity index is 1030. The third-order valence-electron chi connectivity index (χ3n) is 5.39. The second kappa shape index (κ2) is 8.68. The van der Waals surface area contributed by atoms with Crippen molar-refractivity contribution in [2.75, 3.05) is 31.2 Å². The van der Waals surface area contributed by atoms with Gasteiger partial charge in [0.25, 0.3) is 5.91 Å². The fourth-order valence-corrected chi connectivity index (χ4v) is 4.22. The van der Waals surface area contributed by atoms with Crippen molar-refractivity contribution in [2.24, 2.45) is 0 Å².